The first kappa shape index (κ1) is 22.8. The highest BCUT2D eigenvalue weighted by molar-refractivity contribution is 7.97. The van der Waals surface area contributed by atoms with Crippen molar-refractivity contribution < 1.29 is 13.2 Å². The van der Waals surface area contributed by atoms with Gasteiger partial charge in [-0.05, 0) is 38.9 Å². The van der Waals surface area contributed by atoms with Crippen LogP contribution in [0.1, 0.15) is 36.3 Å². The van der Waals surface area contributed by atoms with Crippen molar-refractivity contribution in [3.05, 3.63) is 53.2 Å². The van der Waals surface area contributed by atoms with Crippen LogP contribution in [0.15, 0.2) is 35.4 Å². The first-order valence-corrected chi connectivity index (χ1v) is 11.2. The summed E-state index contributed by atoms with van der Waals surface area (Å²) in [5, 5.41) is 3.88. The van der Waals surface area contributed by atoms with Gasteiger partial charge < -0.3 is 10.2 Å². The average Bonchev–Trinajstić information content (AvgIpc) is 2.75. The van der Waals surface area contributed by atoms with Crippen LogP contribution in [0.25, 0.3) is 11.0 Å². The molecule has 1 atom stereocenters. The van der Waals surface area contributed by atoms with Gasteiger partial charge in [0.2, 0.25) is 0 Å². The zero-order valence-electron chi connectivity index (χ0n) is 18.1. The number of alkyl halides is 2. The Morgan fingerprint density at radius 1 is 1.09 bits per heavy atom. The highest BCUT2D eigenvalue weighted by Crippen LogP contribution is 2.32. The van der Waals surface area contributed by atoms with Gasteiger partial charge in [-0.15, -0.1) is 0 Å². The average molecular weight is 463 g/mol. The third-order valence-electron chi connectivity index (χ3n) is 5.45. The Morgan fingerprint density at radius 2 is 1.81 bits per heavy atom. The number of likely N-dealkylation sites (N-methyl/N-ethyl adjacent to an activating group) is 1. The molecule has 1 fully saturated rings. The molecule has 0 aliphatic carbocycles. The van der Waals surface area contributed by atoms with Crippen molar-refractivity contribution in [2.24, 2.45) is 0 Å². The molecule has 0 radical (unpaired) electrons. The van der Waals surface area contributed by atoms with E-state index in [1.807, 2.05) is 6.07 Å². The monoisotopic (exact) mass is 462 g/mol. The van der Waals surface area contributed by atoms with Gasteiger partial charge in [-0.2, -0.15) is 0 Å². The van der Waals surface area contributed by atoms with E-state index in [1.165, 1.54) is 12.1 Å². The van der Waals surface area contributed by atoms with E-state index in [2.05, 4.69) is 36.5 Å². The molecule has 3 heterocycles. The van der Waals surface area contributed by atoms with E-state index in [9.17, 15) is 13.2 Å². The summed E-state index contributed by atoms with van der Waals surface area (Å²) >= 11 is 1.63. The fourth-order valence-corrected chi connectivity index (χ4v) is 4.56. The van der Waals surface area contributed by atoms with Crippen LogP contribution in [0.5, 0.6) is 0 Å². The number of nitrogens with zero attached hydrogens (tertiary/aromatic N) is 5. The van der Waals surface area contributed by atoms with Crippen molar-refractivity contribution in [3.63, 3.8) is 0 Å². The standard InChI is InChI=1S/C22H25F3N6S/c1-13(16-5-4-6-17(19(16)23)20(24)25)27-22-18-11-15(12-26-21(18)28-14(2)29-22)32-31-9-7-30(3)8-10-31/h4-6,11-13,20H,7-10H2,1-3H3,(H,26,27,28,29)/t13-/m1/s1. The quantitative estimate of drug-likeness (QED) is 0.526. The van der Waals surface area contributed by atoms with Crippen LogP contribution in [0.4, 0.5) is 19.0 Å². The molecule has 32 heavy (non-hydrogen) atoms. The first-order valence-electron chi connectivity index (χ1n) is 10.4. The number of hydrogen-bond donors (Lipinski definition) is 1. The number of hydrogen-bond acceptors (Lipinski definition) is 7. The van der Waals surface area contributed by atoms with Crippen molar-refractivity contribution >= 4 is 28.8 Å². The summed E-state index contributed by atoms with van der Waals surface area (Å²) in [5.74, 6) is 0.109. The maximum atomic E-state index is 14.6. The van der Waals surface area contributed by atoms with Gasteiger partial charge in [0.15, 0.2) is 5.65 Å². The predicted molar refractivity (Wildman–Crippen MR) is 120 cm³/mol. The topological polar surface area (TPSA) is 57.2 Å². The molecule has 2 aromatic heterocycles. The van der Waals surface area contributed by atoms with Crippen molar-refractivity contribution in [2.75, 3.05) is 38.5 Å². The number of rotatable bonds is 6. The molecular formula is C22H25F3N6S. The second kappa shape index (κ2) is 9.60. The first-order chi connectivity index (χ1) is 15.3. The summed E-state index contributed by atoms with van der Waals surface area (Å²) in [7, 11) is 2.11. The second-order valence-corrected chi connectivity index (χ2v) is 9.07. The Hall–Kier alpha value is -2.43. The lowest BCUT2D eigenvalue weighted by molar-refractivity contribution is 0.146. The minimum Gasteiger partial charge on any atom is -0.363 e. The van der Waals surface area contributed by atoms with Crippen molar-refractivity contribution in [1.29, 1.82) is 0 Å². The molecule has 1 aromatic carbocycles. The Labute approximate surface area is 189 Å². The minimum absolute atomic E-state index is 0.156. The van der Waals surface area contributed by atoms with Gasteiger partial charge in [0.05, 0.1) is 17.0 Å². The molecule has 10 heteroatoms. The smallest absolute Gasteiger partial charge is 0.266 e. The lowest BCUT2D eigenvalue weighted by Gasteiger charge is -2.31. The van der Waals surface area contributed by atoms with Gasteiger partial charge in [-0.1, -0.05) is 18.2 Å². The summed E-state index contributed by atoms with van der Waals surface area (Å²) in [6.45, 7) is 7.37. The van der Waals surface area contributed by atoms with Crippen molar-refractivity contribution in [1.82, 2.24) is 24.2 Å². The van der Waals surface area contributed by atoms with Gasteiger partial charge in [-0.25, -0.2) is 32.4 Å². The minimum atomic E-state index is -2.87. The van der Waals surface area contributed by atoms with Crippen molar-refractivity contribution in [2.45, 2.75) is 31.2 Å². The highest BCUT2D eigenvalue weighted by atomic mass is 32.2. The maximum absolute atomic E-state index is 14.6. The molecule has 0 spiro atoms. The highest BCUT2D eigenvalue weighted by Gasteiger charge is 2.21. The van der Waals surface area contributed by atoms with Gasteiger partial charge >= 0.3 is 0 Å². The number of anilines is 1. The van der Waals surface area contributed by atoms with Gasteiger partial charge in [0.1, 0.15) is 17.5 Å². The largest absolute Gasteiger partial charge is 0.363 e. The number of halogens is 3. The van der Waals surface area contributed by atoms with E-state index in [0.29, 0.717) is 22.7 Å². The number of benzene rings is 1. The van der Waals surface area contributed by atoms with E-state index >= 15 is 0 Å². The summed E-state index contributed by atoms with van der Waals surface area (Å²) in [5.41, 5.74) is 0.0762. The van der Waals surface area contributed by atoms with Crippen LogP contribution in [0, 0.1) is 12.7 Å². The van der Waals surface area contributed by atoms with Gasteiger partial charge in [0.25, 0.3) is 6.43 Å². The summed E-state index contributed by atoms with van der Waals surface area (Å²) in [4.78, 5) is 16.6. The fourth-order valence-electron chi connectivity index (χ4n) is 3.64. The Balaban J connectivity index is 1.62. The molecule has 170 valence electrons. The third-order valence-corrected chi connectivity index (χ3v) is 6.51. The summed E-state index contributed by atoms with van der Waals surface area (Å²) < 4.78 is 43.2. The van der Waals surface area contributed by atoms with Crippen LogP contribution in [0.3, 0.4) is 0 Å². The van der Waals surface area contributed by atoms with Gasteiger partial charge in [-0.3, -0.25) is 0 Å². The molecule has 1 aliphatic heterocycles. The number of fused-ring (bicyclic) bond motifs is 1. The number of aromatic nitrogens is 3. The van der Waals surface area contributed by atoms with Crippen LogP contribution in [-0.4, -0.2) is 57.4 Å². The lowest BCUT2D eigenvalue weighted by atomic mass is 10.0. The zero-order chi connectivity index (χ0) is 22.8. The fraction of sp³-hybridized carbons (Fsp3) is 0.409. The zero-order valence-corrected chi connectivity index (χ0v) is 19.0. The van der Waals surface area contributed by atoms with E-state index in [1.54, 1.807) is 32.0 Å². The molecule has 1 N–H and O–H groups in total. The van der Waals surface area contributed by atoms with E-state index < -0.39 is 23.8 Å². The van der Waals surface area contributed by atoms with Crippen LogP contribution in [0.2, 0.25) is 0 Å². The van der Waals surface area contributed by atoms with Crippen LogP contribution in [-0.2, 0) is 0 Å². The Kier molecular flexibility index (Phi) is 6.82. The van der Waals surface area contributed by atoms with E-state index in [-0.39, 0.29) is 5.56 Å². The maximum Gasteiger partial charge on any atom is 0.266 e. The number of nitrogens with one attached hydrogen (secondary N) is 1. The molecule has 0 bridgehead atoms. The molecule has 4 rings (SSSR count). The molecule has 1 aliphatic rings. The number of piperazine rings is 1. The molecule has 6 nitrogen and oxygen atoms in total. The molecule has 3 aromatic rings. The van der Waals surface area contributed by atoms with E-state index in [4.69, 9.17) is 0 Å². The Bertz CT molecular complexity index is 1100. The van der Waals surface area contributed by atoms with Crippen LogP contribution >= 0.6 is 11.9 Å². The second-order valence-electron chi connectivity index (χ2n) is 7.90. The van der Waals surface area contributed by atoms with Crippen LogP contribution < -0.4 is 5.32 Å². The molecular weight excluding hydrogens is 437 g/mol. The SMILES string of the molecule is Cc1nc(N[C@H](C)c2cccc(C(F)F)c2F)c2cc(SN3CCN(C)CC3)cnc2n1. The lowest BCUT2D eigenvalue weighted by Crippen LogP contribution is -2.40. The summed E-state index contributed by atoms with van der Waals surface area (Å²) in [6, 6.07) is 5.42. The molecule has 1 saturated heterocycles. The molecule has 0 unspecified atom stereocenters. The number of pyridine rings is 1. The predicted octanol–water partition coefficient (Wildman–Crippen LogP) is 4.84. The number of aryl methyl sites for hydroxylation is 1. The van der Waals surface area contributed by atoms with Crippen molar-refractivity contribution in [3.8, 4) is 0 Å². The molecule has 0 saturated carbocycles. The third kappa shape index (κ3) is 4.97. The molecule has 0 amide bonds. The van der Waals surface area contributed by atoms with E-state index in [0.717, 1.165) is 37.1 Å². The Morgan fingerprint density at radius 3 is 2.53 bits per heavy atom. The summed E-state index contributed by atoms with van der Waals surface area (Å²) in [6.07, 6.45) is -1.08. The van der Waals surface area contributed by atoms with Gasteiger partial charge in [0, 0.05) is 42.8 Å². The normalized spacial score (nSPS) is 16.6.